The molecule has 1 aliphatic heterocycles. The lowest BCUT2D eigenvalue weighted by Crippen LogP contribution is -2.46. The van der Waals surface area contributed by atoms with E-state index in [0.717, 1.165) is 44.1 Å². The van der Waals surface area contributed by atoms with E-state index in [2.05, 4.69) is 4.98 Å². The van der Waals surface area contributed by atoms with Crippen LogP contribution in [0.25, 0.3) is 0 Å². The summed E-state index contributed by atoms with van der Waals surface area (Å²) < 4.78 is 11.5. The van der Waals surface area contributed by atoms with Crippen LogP contribution in [0, 0.1) is 0 Å². The monoisotopic (exact) mass is 445 g/mol. The van der Waals surface area contributed by atoms with E-state index >= 15 is 0 Å². The number of amides is 2. The molecule has 0 radical (unpaired) electrons. The maximum Gasteiger partial charge on any atom is 0.416 e. The zero-order valence-electron chi connectivity index (χ0n) is 20.5. The Morgan fingerprint density at radius 2 is 1.62 bits per heavy atom. The molecule has 1 aromatic heterocycles. The first-order valence-electron chi connectivity index (χ1n) is 11.9. The summed E-state index contributed by atoms with van der Waals surface area (Å²) in [5.74, 6) is 0.606. The third kappa shape index (κ3) is 6.14. The van der Waals surface area contributed by atoms with Gasteiger partial charge in [0.25, 0.3) is 0 Å². The van der Waals surface area contributed by atoms with E-state index in [1.807, 2.05) is 53.7 Å². The summed E-state index contributed by atoms with van der Waals surface area (Å²) in [7, 11) is 0. The van der Waals surface area contributed by atoms with Crippen molar-refractivity contribution in [3.63, 3.8) is 0 Å². The van der Waals surface area contributed by atoms with Gasteiger partial charge in [0.1, 0.15) is 17.0 Å². The van der Waals surface area contributed by atoms with E-state index in [9.17, 15) is 9.59 Å². The number of likely N-dealkylation sites (tertiary alicyclic amines) is 1. The van der Waals surface area contributed by atoms with Crippen molar-refractivity contribution in [1.82, 2.24) is 9.88 Å². The third-order valence-electron chi connectivity index (χ3n) is 5.81. The van der Waals surface area contributed by atoms with Gasteiger partial charge in [-0.1, -0.05) is 25.3 Å². The summed E-state index contributed by atoms with van der Waals surface area (Å²) >= 11 is 0. The van der Waals surface area contributed by atoms with Gasteiger partial charge in [-0.05, 0) is 73.3 Å². The minimum absolute atomic E-state index is 0.0450. The van der Waals surface area contributed by atoms with Crippen LogP contribution in [0.1, 0.15) is 98.1 Å². The van der Waals surface area contributed by atoms with Crippen LogP contribution in [-0.2, 0) is 9.47 Å². The standard InChI is InChI=1S/C25H39N3O4/c1-24(2,3)31-22(29)27-17-11-15-20(27)19-14-10-16-26-21(19)28(18-12-8-7-9-13-18)23(30)32-25(4,5)6/h10,14,16,18,20H,7-9,11-13,15,17H2,1-6H3/t20-/m1/s1. The molecule has 2 heterocycles. The first kappa shape index (κ1) is 24.3. The average molecular weight is 446 g/mol. The van der Waals surface area contributed by atoms with Crippen LogP contribution >= 0.6 is 0 Å². The lowest BCUT2D eigenvalue weighted by atomic mass is 9.93. The van der Waals surface area contributed by atoms with E-state index in [-0.39, 0.29) is 24.3 Å². The Hall–Kier alpha value is -2.31. The van der Waals surface area contributed by atoms with Crippen molar-refractivity contribution in [2.45, 2.75) is 110 Å². The molecule has 1 aliphatic carbocycles. The average Bonchev–Trinajstić information content (AvgIpc) is 3.17. The molecule has 0 unspecified atom stereocenters. The highest BCUT2D eigenvalue weighted by molar-refractivity contribution is 5.88. The van der Waals surface area contributed by atoms with Gasteiger partial charge < -0.3 is 14.4 Å². The van der Waals surface area contributed by atoms with Gasteiger partial charge >= 0.3 is 12.2 Å². The molecule has 3 rings (SSSR count). The molecule has 0 N–H and O–H groups in total. The van der Waals surface area contributed by atoms with E-state index in [1.54, 1.807) is 16.0 Å². The molecule has 0 spiro atoms. The molecule has 0 bridgehead atoms. The van der Waals surface area contributed by atoms with Gasteiger partial charge in [0.2, 0.25) is 0 Å². The normalized spacial score (nSPS) is 20.2. The van der Waals surface area contributed by atoms with Crippen LogP contribution in [0.3, 0.4) is 0 Å². The number of pyridine rings is 1. The Bertz CT molecular complexity index is 806. The molecule has 7 nitrogen and oxygen atoms in total. The number of aromatic nitrogens is 1. The van der Waals surface area contributed by atoms with Crippen LogP contribution in [0.4, 0.5) is 15.4 Å². The molecule has 178 valence electrons. The molecule has 1 atom stereocenters. The predicted octanol–water partition coefficient (Wildman–Crippen LogP) is 6.23. The number of hydrogen-bond donors (Lipinski definition) is 0. The molecule has 1 saturated carbocycles. The summed E-state index contributed by atoms with van der Waals surface area (Å²) in [6, 6.07) is 3.72. The molecule has 0 aromatic carbocycles. The highest BCUT2D eigenvalue weighted by Gasteiger charge is 2.38. The van der Waals surface area contributed by atoms with Gasteiger partial charge in [-0.15, -0.1) is 0 Å². The summed E-state index contributed by atoms with van der Waals surface area (Å²) in [6.07, 6.45) is 7.92. The smallest absolute Gasteiger partial charge is 0.416 e. The first-order valence-corrected chi connectivity index (χ1v) is 11.9. The second-order valence-corrected chi connectivity index (χ2v) is 10.9. The quantitative estimate of drug-likeness (QED) is 0.552. The van der Waals surface area contributed by atoms with Gasteiger partial charge in [-0.3, -0.25) is 4.90 Å². The molecule has 32 heavy (non-hydrogen) atoms. The molecular weight excluding hydrogens is 406 g/mol. The molecule has 1 saturated heterocycles. The lowest BCUT2D eigenvalue weighted by Gasteiger charge is -2.37. The Balaban J connectivity index is 1.97. The van der Waals surface area contributed by atoms with Crippen molar-refractivity contribution in [2.24, 2.45) is 0 Å². The molecule has 2 fully saturated rings. The van der Waals surface area contributed by atoms with Crippen molar-refractivity contribution in [2.75, 3.05) is 11.4 Å². The number of rotatable bonds is 3. The number of carbonyl (C=O) groups is 2. The third-order valence-corrected chi connectivity index (χ3v) is 5.81. The lowest BCUT2D eigenvalue weighted by molar-refractivity contribution is 0.0224. The number of anilines is 1. The highest BCUT2D eigenvalue weighted by atomic mass is 16.6. The zero-order valence-corrected chi connectivity index (χ0v) is 20.5. The summed E-state index contributed by atoms with van der Waals surface area (Å²) in [6.45, 7) is 11.9. The predicted molar refractivity (Wildman–Crippen MR) is 125 cm³/mol. The Morgan fingerprint density at radius 3 is 2.25 bits per heavy atom. The zero-order chi connectivity index (χ0) is 23.5. The van der Waals surface area contributed by atoms with Crippen molar-refractivity contribution in [3.8, 4) is 0 Å². The van der Waals surface area contributed by atoms with Crippen LogP contribution < -0.4 is 4.90 Å². The van der Waals surface area contributed by atoms with E-state index in [4.69, 9.17) is 9.47 Å². The first-order chi connectivity index (χ1) is 15.0. The van der Waals surface area contributed by atoms with E-state index in [0.29, 0.717) is 12.4 Å². The number of hydrogen-bond acceptors (Lipinski definition) is 5. The maximum atomic E-state index is 13.4. The van der Waals surface area contributed by atoms with Gasteiger partial charge in [-0.2, -0.15) is 0 Å². The Labute approximate surface area is 192 Å². The molecule has 2 aliphatic rings. The minimum atomic E-state index is -0.602. The minimum Gasteiger partial charge on any atom is -0.444 e. The van der Waals surface area contributed by atoms with Crippen LogP contribution in [0.2, 0.25) is 0 Å². The summed E-state index contributed by atoms with van der Waals surface area (Å²) in [5, 5.41) is 0. The Kier molecular flexibility index (Phi) is 7.36. The molecular formula is C25H39N3O4. The number of ether oxygens (including phenoxy) is 2. The SMILES string of the molecule is CC(C)(C)OC(=O)N(c1ncccc1[C@H]1CCCN1C(=O)OC(C)(C)C)C1CCCCC1. The van der Waals surface area contributed by atoms with Crippen LogP contribution in [-0.4, -0.2) is 45.9 Å². The molecule has 2 amide bonds. The topological polar surface area (TPSA) is 72.0 Å². The van der Waals surface area contributed by atoms with Crippen molar-refractivity contribution >= 4 is 18.0 Å². The van der Waals surface area contributed by atoms with Crippen LogP contribution in [0.15, 0.2) is 18.3 Å². The number of carbonyl (C=O) groups excluding carboxylic acids is 2. The Morgan fingerprint density at radius 1 is 0.969 bits per heavy atom. The van der Waals surface area contributed by atoms with Crippen LogP contribution in [0.5, 0.6) is 0 Å². The fraction of sp³-hybridized carbons (Fsp3) is 0.720. The van der Waals surface area contributed by atoms with Crippen molar-refractivity contribution in [3.05, 3.63) is 23.9 Å². The second-order valence-electron chi connectivity index (χ2n) is 10.9. The van der Waals surface area contributed by atoms with Gasteiger partial charge in [0, 0.05) is 24.3 Å². The fourth-order valence-electron chi connectivity index (χ4n) is 4.56. The summed E-state index contributed by atoms with van der Waals surface area (Å²) in [4.78, 5) is 34.5. The van der Waals surface area contributed by atoms with Crippen molar-refractivity contribution in [1.29, 1.82) is 0 Å². The fourth-order valence-corrected chi connectivity index (χ4v) is 4.56. The molecule has 1 aromatic rings. The van der Waals surface area contributed by atoms with Crippen molar-refractivity contribution < 1.29 is 19.1 Å². The maximum absolute atomic E-state index is 13.4. The largest absolute Gasteiger partial charge is 0.444 e. The van der Waals surface area contributed by atoms with E-state index < -0.39 is 11.2 Å². The van der Waals surface area contributed by atoms with Gasteiger partial charge in [0.05, 0.1) is 6.04 Å². The highest BCUT2D eigenvalue weighted by Crippen LogP contribution is 2.39. The number of nitrogens with zero attached hydrogens (tertiary/aromatic N) is 3. The molecule has 7 heteroatoms. The van der Waals surface area contributed by atoms with E-state index in [1.165, 1.54) is 6.42 Å². The summed E-state index contributed by atoms with van der Waals surface area (Å²) in [5.41, 5.74) is -0.283. The van der Waals surface area contributed by atoms with Gasteiger partial charge in [-0.25, -0.2) is 14.6 Å². The second kappa shape index (κ2) is 9.67. The van der Waals surface area contributed by atoms with Gasteiger partial charge in [0.15, 0.2) is 0 Å².